The first-order valence-corrected chi connectivity index (χ1v) is 7.01. The molecule has 0 aliphatic heterocycles. The molecular formula is C17H12Cl2O. The van der Waals surface area contributed by atoms with Crippen molar-refractivity contribution < 1.29 is 4.42 Å². The fraction of sp³-hybridized carbons (Fsp3) is 0.0588. The van der Waals surface area contributed by atoms with Crippen LogP contribution in [0.1, 0.15) is 5.76 Å². The van der Waals surface area contributed by atoms with Crippen molar-refractivity contribution in [3.8, 4) is 22.5 Å². The lowest BCUT2D eigenvalue weighted by Crippen LogP contribution is -1.80. The third kappa shape index (κ3) is 2.60. The Balaban J connectivity index is 2.12. The molecule has 3 aromatic rings. The second-order valence-corrected chi connectivity index (χ2v) is 5.49. The molecule has 3 rings (SSSR count). The summed E-state index contributed by atoms with van der Waals surface area (Å²) in [6, 6.07) is 17.4. The Kier molecular flexibility index (Phi) is 3.56. The Morgan fingerprint density at radius 3 is 1.80 bits per heavy atom. The molecular weight excluding hydrogens is 291 g/mol. The lowest BCUT2D eigenvalue weighted by Gasteiger charge is -2.03. The minimum atomic E-state index is 0.713. The second kappa shape index (κ2) is 5.35. The summed E-state index contributed by atoms with van der Waals surface area (Å²) in [5, 5.41) is 1.44. The Labute approximate surface area is 127 Å². The monoisotopic (exact) mass is 302 g/mol. The van der Waals surface area contributed by atoms with Crippen molar-refractivity contribution in [2.75, 3.05) is 0 Å². The van der Waals surface area contributed by atoms with E-state index in [1.54, 1.807) is 0 Å². The Hall–Kier alpha value is -1.70. The highest BCUT2D eigenvalue weighted by Gasteiger charge is 2.13. The van der Waals surface area contributed by atoms with E-state index in [9.17, 15) is 0 Å². The number of hydrogen-bond acceptors (Lipinski definition) is 1. The molecule has 20 heavy (non-hydrogen) atoms. The average Bonchev–Trinajstić information content (AvgIpc) is 2.82. The van der Waals surface area contributed by atoms with Crippen LogP contribution < -0.4 is 0 Å². The van der Waals surface area contributed by atoms with Crippen LogP contribution in [0.15, 0.2) is 59.0 Å². The van der Waals surface area contributed by atoms with E-state index in [1.165, 1.54) is 0 Å². The van der Waals surface area contributed by atoms with Gasteiger partial charge in [0.05, 0.1) is 0 Å². The van der Waals surface area contributed by atoms with E-state index in [1.807, 2.05) is 61.5 Å². The van der Waals surface area contributed by atoms with Crippen LogP contribution in [0.2, 0.25) is 10.0 Å². The topological polar surface area (TPSA) is 13.1 Å². The summed E-state index contributed by atoms with van der Waals surface area (Å²) in [6.45, 7) is 1.94. The van der Waals surface area contributed by atoms with E-state index in [0.717, 1.165) is 33.2 Å². The van der Waals surface area contributed by atoms with Gasteiger partial charge in [-0.3, -0.25) is 0 Å². The van der Waals surface area contributed by atoms with Gasteiger partial charge in [-0.2, -0.15) is 0 Å². The summed E-state index contributed by atoms with van der Waals surface area (Å²) in [6.07, 6.45) is 0. The van der Waals surface area contributed by atoms with Crippen LogP contribution >= 0.6 is 23.2 Å². The van der Waals surface area contributed by atoms with Crippen LogP contribution in [0.4, 0.5) is 0 Å². The maximum absolute atomic E-state index is 5.94. The first kappa shape index (κ1) is 13.3. The van der Waals surface area contributed by atoms with Crippen molar-refractivity contribution in [3.05, 3.63) is 70.4 Å². The molecule has 0 N–H and O–H groups in total. The third-order valence-corrected chi connectivity index (χ3v) is 3.62. The van der Waals surface area contributed by atoms with Crippen LogP contribution in [-0.4, -0.2) is 0 Å². The highest BCUT2D eigenvalue weighted by Crippen LogP contribution is 2.35. The summed E-state index contributed by atoms with van der Waals surface area (Å²) in [4.78, 5) is 0. The molecule has 0 aliphatic carbocycles. The lowest BCUT2D eigenvalue weighted by atomic mass is 10.0. The van der Waals surface area contributed by atoms with E-state index < -0.39 is 0 Å². The van der Waals surface area contributed by atoms with Gasteiger partial charge in [0.25, 0.3) is 0 Å². The predicted octanol–water partition coefficient (Wildman–Crippen LogP) is 6.23. The number of hydrogen-bond donors (Lipinski definition) is 0. The number of rotatable bonds is 2. The highest BCUT2D eigenvalue weighted by molar-refractivity contribution is 6.31. The summed E-state index contributed by atoms with van der Waals surface area (Å²) < 4.78 is 5.85. The van der Waals surface area contributed by atoms with Crippen LogP contribution in [0.3, 0.4) is 0 Å². The molecule has 0 bridgehead atoms. The lowest BCUT2D eigenvalue weighted by molar-refractivity contribution is 0.549. The van der Waals surface area contributed by atoms with Gasteiger partial charge in [-0.15, -0.1) is 0 Å². The van der Waals surface area contributed by atoms with Crippen molar-refractivity contribution in [1.82, 2.24) is 0 Å². The van der Waals surface area contributed by atoms with Crippen molar-refractivity contribution in [2.45, 2.75) is 6.92 Å². The van der Waals surface area contributed by atoms with Gasteiger partial charge >= 0.3 is 0 Å². The van der Waals surface area contributed by atoms with Gasteiger partial charge in [0, 0.05) is 21.2 Å². The summed E-state index contributed by atoms with van der Waals surface area (Å²) >= 11 is 11.9. The molecule has 0 fully saturated rings. The van der Waals surface area contributed by atoms with Crippen LogP contribution in [-0.2, 0) is 0 Å². The number of benzene rings is 2. The smallest absolute Gasteiger partial charge is 0.142 e. The minimum Gasteiger partial charge on any atom is -0.461 e. The fourth-order valence-corrected chi connectivity index (χ4v) is 2.43. The van der Waals surface area contributed by atoms with Crippen molar-refractivity contribution in [3.63, 3.8) is 0 Å². The summed E-state index contributed by atoms with van der Waals surface area (Å²) in [5.74, 6) is 1.72. The Morgan fingerprint density at radius 2 is 1.25 bits per heavy atom. The fourth-order valence-electron chi connectivity index (χ4n) is 2.17. The van der Waals surface area contributed by atoms with Gasteiger partial charge in [0.1, 0.15) is 11.5 Å². The quantitative estimate of drug-likeness (QED) is 0.547. The van der Waals surface area contributed by atoms with Gasteiger partial charge in [0.2, 0.25) is 0 Å². The molecule has 1 heterocycles. The first-order chi connectivity index (χ1) is 9.63. The van der Waals surface area contributed by atoms with E-state index in [0.29, 0.717) is 5.02 Å². The van der Waals surface area contributed by atoms with E-state index in [2.05, 4.69) is 0 Å². The van der Waals surface area contributed by atoms with Crippen LogP contribution in [0.25, 0.3) is 22.5 Å². The molecule has 0 aliphatic rings. The van der Waals surface area contributed by atoms with Gasteiger partial charge in [-0.05, 0) is 55.0 Å². The summed E-state index contributed by atoms with van der Waals surface area (Å²) in [7, 11) is 0. The van der Waals surface area contributed by atoms with Gasteiger partial charge in [-0.25, -0.2) is 0 Å². The van der Waals surface area contributed by atoms with Crippen LogP contribution in [0, 0.1) is 6.92 Å². The molecule has 0 atom stereocenters. The molecule has 0 saturated carbocycles. The molecule has 0 saturated heterocycles. The molecule has 1 nitrogen and oxygen atoms in total. The Bertz CT molecular complexity index is 662. The molecule has 0 spiro atoms. The zero-order valence-corrected chi connectivity index (χ0v) is 12.4. The van der Waals surface area contributed by atoms with Crippen LogP contribution in [0.5, 0.6) is 0 Å². The second-order valence-electron chi connectivity index (χ2n) is 4.61. The van der Waals surface area contributed by atoms with E-state index >= 15 is 0 Å². The number of furan rings is 1. The zero-order valence-electron chi connectivity index (χ0n) is 10.9. The standard InChI is InChI=1S/C17H12Cl2O/c1-11-10-16(12-2-6-14(18)7-3-12)17(20-11)13-4-8-15(19)9-5-13/h2-10H,1H3. The number of halogens is 2. The van der Waals surface area contributed by atoms with E-state index in [4.69, 9.17) is 27.6 Å². The normalized spacial score (nSPS) is 10.8. The maximum Gasteiger partial charge on any atom is 0.142 e. The minimum absolute atomic E-state index is 0.713. The first-order valence-electron chi connectivity index (χ1n) is 6.26. The molecule has 0 amide bonds. The average molecular weight is 303 g/mol. The summed E-state index contributed by atoms with van der Waals surface area (Å²) in [5.41, 5.74) is 3.14. The molecule has 100 valence electrons. The van der Waals surface area contributed by atoms with Crippen molar-refractivity contribution in [2.24, 2.45) is 0 Å². The van der Waals surface area contributed by atoms with Gasteiger partial charge < -0.3 is 4.42 Å². The van der Waals surface area contributed by atoms with E-state index in [-0.39, 0.29) is 0 Å². The predicted molar refractivity (Wildman–Crippen MR) is 84.3 cm³/mol. The van der Waals surface area contributed by atoms with Crippen molar-refractivity contribution >= 4 is 23.2 Å². The van der Waals surface area contributed by atoms with Gasteiger partial charge in [-0.1, -0.05) is 35.3 Å². The van der Waals surface area contributed by atoms with Gasteiger partial charge in [0.15, 0.2) is 0 Å². The molecule has 1 aromatic heterocycles. The van der Waals surface area contributed by atoms with Crippen molar-refractivity contribution in [1.29, 1.82) is 0 Å². The zero-order chi connectivity index (χ0) is 14.1. The largest absolute Gasteiger partial charge is 0.461 e. The number of aryl methyl sites for hydroxylation is 1. The molecule has 3 heteroatoms. The molecule has 0 radical (unpaired) electrons. The highest BCUT2D eigenvalue weighted by atomic mass is 35.5. The SMILES string of the molecule is Cc1cc(-c2ccc(Cl)cc2)c(-c2ccc(Cl)cc2)o1. The Morgan fingerprint density at radius 1 is 0.750 bits per heavy atom. The maximum atomic E-state index is 5.94. The molecule has 2 aromatic carbocycles. The molecule has 0 unspecified atom stereocenters. The third-order valence-electron chi connectivity index (χ3n) is 3.12.